The number of alkyl halides is 5. The fraction of sp³-hybridized carbons (Fsp3) is 0.500. The van der Waals surface area contributed by atoms with Crippen LogP contribution >= 0.6 is 0 Å². The Balaban J connectivity index is 1.41. The lowest BCUT2D eigenvalue weighted by Gasteiger charge is -2.54. The lowest BCUT2D eigenvalue weighted by Crippen LogP contribution is -2.53. The number of nitriles is 1. The summed E-state index contributed by atoms with van der Waals surface area (Å²) in [6.45, 7) is 5.84. The zero-order valence-corrected chi connectivity index (χ0v) is 27.6. The van der Waals surface area contributed by atoms with Crippen molar-refractivity contribution in [3.63, 3.8) is 0 Å². The molecule has 3 fully saturated rings. The minimum atomic E-state index is -4.80. The number of fused-ring (bicyclic) bond motifs is 3. The smallest absolute Gasteiger partial charge is 0.427 e. The highest BCUT2D eigenvalue weighted by Crippen LogP contribution is 2.58. The molecule has 1 aromatic carbocycles. The first-order valence-corrected chi connectivity index (χ1v) is 15.9. The number of benzene rings is 1. The normalized spacial score (nSPS) is 21.4. The van der Waals surface area contributed by atoms with E-state index in [-0.39, 0.29) is 23.3 Å². The van der Waals surface area contributed by atoms with Crippen LogP contribution < -0.4 is 9.64 Å². The Kier molecular flexibility index (Phi) is 8.99. The third-order valence-electron chi connectivity index (χ3n) is 9.81. The topological polar surface area (TPSA) is 88.3 Å². The largest absolute Gasteiger partial charge is 0.473 e. The standard InChI is InChI=1S/C36H39F5N4O3/c1-31(2,22-42)47-27-9-6-24(7-10-27)25-12-19-43-29(20-25)45(30(46)48-32(3,4)36(39,40)41)23-34-13-16-35(17-14-34,18-15-34)28-11-8-26(21-44-28)33(5,37)38/h6-12,19-21H,13-18,23H2,1-5H3. The highest BCUT2D eigenvalue weighted by molar-refractivity contribution is 5.88. The Morgan fingerprint density at radius 1 is 0.875 bits per heavy atom. The van der Waals surface area contributed by atoms with Crippen molar-refractivity contribution in [2.45, 2.75) is 102 Å². The van der Waals surface area contributed by atoms with E-state index in [0.717, 1.165) is 32.0 Å². The SMILES string of the molecule is CC(C)(C#N)Oc1ccc(-c2ccnc(N(CC34CCC(c5ccc(C(C)(F)F)cn5)(CC3)CC4)C(=O)OC(C)(C)C(F)(F)F)c2)cc1. The van der Waals surface area contributed by atoms with Gasteiger partial charge in [0, 0.05) is 42.5 Å². The van der Waals surface area contributed by atoms with Gasteiger partial charge in [-0.15, -0.1) is 0 Å². The van der Waals surface area contributed by atoms with Gasteiger partial charge in [-0.05, 0) is 119 Å². The number of rotatable bonds is 9. The zero-order valence-electron chi connectivity index (χ0n) is 27.6. The van der Waals surface area contributed by atoms with Crippen LogP contribution in [0.15, 0.2) is 60.9 Å². The van der Waals surface area contributed by atoms with Gasteiger partial charge in [0.1, 0.15) is 17.6 Å². The highest BCUT2D eigenvalue weighted by Gasteiger charge is 2.54. The van der Waals surface area contributed by atoms with E-state index < -0.39 is 34.8 Å². The number of amides is 1. The molecule has 0 N–H and O–H groups in total. The molecule has 0 unspecified atom stereocenters. The van der Waals surface area contributed by atoms with Gasteiger partial charge in [-0.2, -0.15) is 18.4 Å². The summed E-state index contributed by atoms with van der Waals surface area (Å²) < 4.78 is 79.9. The number of carbonyl (C=O) groups is 1. The summed E-state index contributed by atoms with van der Waals surface area (Å²) in [7, 11) is 0. The Morgan fingerprint density at radius 2 is 1.50 bits per heavy atom. The maximum Gasteiger partial charge on any atom is 0.427 e. The number of hydrogen-bond donors (Lipinski definition) is 0. The number of aromatic nitrogens is 2. The van der Waals surface area contributed by atoms with Crippen molar-refractivity contribution in [3.8, 4) is 22.9 Å². The molecule has 1 amide bonds. The first kappa shape index (κ1) is 35.0. The summed E-state index contributed by atoms with van der Waals surface area (Å²) in [6, 6.07) is 15.5. The van der Waals surface area contributed by atoms with Gasteiger partial charge in [0.25, 0.3) is 5.92 Å². The second-order valence-electron chi connectivity index (χ2n) is 14.2. The number of ether oxygens (including phenoxy) is 2. The Labute approximate surface area is 277 Å². The van der Waals surface area contributed by atoms with Crippen LogP contribution in [0.4, 0.5) is 32.6 Å². The van der Waals surface area contributed by atoms with Gasteiger partial charge in [0.2, 0.25) is 5.60 Å². The van der Waals surface area contributed by atoms with Crippen LogP contribution in [0.3, 0.4) is 0 Å². The molecule has 7 nitrogen and oxygen atoms in total. The molecular formula is C36H39F5N4O3. The van der Waals surface area contributed by atoms with Gasteiger partial charge in [-0.1, -0.05) is 12.1 Å². The summed E-state index contributed by atoms with van der Waals surface area (Å²) in [5.74, 6) is -2.36. The van der Waals surface area contributed by atoms with Crippen LogP contribution in [0.25, 0.3) is 11.1 Å². The summed E-state index contributed by atoms with van der Waals surface area (Å²) in [5.41, 5.74) is -2.46. The van der Waals surface area contributed by atoms with Crippen molar-refractivity contribution in [3.05, 3.63) is 72.2 Å². The van der Waals surface area contributed by atoms with E-state index in [0.29, 0.717) is 49.8 Å². The molecule has 3 aliphatic rings. The third-order valence-corrected chi connectivity index (χ3v) is 9.81. The third kappa shape index (κ3) is 7.25. The predicted molar refractivity (Wildman–Crippen MR) is 170 cm³/mol. The molecule has 3 aromatic rings. The van der Waals surface area contributed by atoms with Crippen LogP contribution in [-0.4, -0.2) is 40.0 Å². The van der Waals surface area contributed by atoms with Crippen molar-refractivity contribution >= 4 is 11.9 Å². The minimum Gasteiger partial charge on any atom is -0.473 e. The average Bonchev–Trinajstić information content (AvgIpc) is 3.04. The van der Waals surface area contributed by atoms with Crippen molar-refractivity contribution < 1.29 is 36.2 Å². The van der Waals surface area contributed by atoms with Gasteiger partial charge in [0.05, 0.1) is 0 Å². The van der Waals surface area contributed by atoms with E-state index >= 15 is 0 Å². The number of carbonyl (C=O) groups excluding carboxylic acids is 1. The van der Waals surface area contributed by atoms with Crippen molar-refractivity contribution in [1.82, 2.24) is 9.97 Å². The maximum atomic E-state index is 13.8. The van der Waals surface area contributed by atoms with Crippen LogP contribution in [0.5, 0.6) is 5.75 Å². The molecule has 6 rings (SSSR count). The van der Waals surface area contributed by atoms with E-state index in [1.807, 2.05) is 0 Å². The molecule has 0 atom stereocenters. The van der Waals surface area contributed by atoms with E-state index in [4.69, 9.17) is 9.47 Å². The van der Waals surface area contributed by atoms with Crippen LogP contribution in [0.2, 0.25) is 0 Å². The maximum absolute atomic E-state index is 13.8. The van der Waals surface area contributed by atoms with E-state index in [2.05, 4.69) is 16.0 Å². The second-order valence-corrected chi connectivity index (χ2v) is 14.2. The summed E-state index contributed by atoms with van der Waals surface area (Å²) in [6.07, 6.45) is 0.836. The highest BCUT2D eigenvalue weighted by atomic mass is 19.4. The monoisotopic (exact) mass is 670 g/mol. The van der Waals surface area contributed by atoms with Crippen LogP contribution in [-0.2, 0) is 16.1 Å². The number of hydrogen-bond acceptors (Lipinski definition) is 6. The van der Waals surface area contributed by atoms with Gasteiger partial charge >= 0.3 is 12.3 Å². The number of halogens is 5. The van der Waals surface area contributed by atoms with Crippen molar-refractivity contribution in [2.75, 3.05) is 11.4 Å². The molecule has 48 heavy (non-hydrogen) atoms. The van der Waals surface area contributed by atoms with E-state index in [1.165, 1.54) is 23.4 Å². The molecule has 0 saturated heterocycles. The molecule has 3 saturated carbocycles. The molecule has 2 bridgehead atoms. The van der Waals surface area contributed by atoms with Gasteiger partial charge in [0.15, 0.2) is 5.60 Å². The summed E-state index contributed by atoms with van der Waals surface area (Å²) >= 11 is 0. The second kappa shape index (κ2) is 12.3. The fourth-order valence-electron chi connectivity index (χ4n) is 6.54. The fourth-order valence-corrected chi connectivity index (χ4v) is 6.54. The van der Waals surface area contributed by atoms with Gasteiger partial charge in [-0.25, -0.2) is 18.6 Å². The zero-order chi connectivity index (χ0) is 35.2. The summed E-state index contributed by atoms with van der Waals surface area (Å²) in [4.78, 5) is 23.7. The Bertz CT molecular complexity index is 1650. The molecule has 3 aliphatic carbocycles. The van der Waals surface area contributed by atoms with Gasteiger partial charge in [-0.3, -0.25) is 9.88 Å². The molecule has 0 radical (unpaired) electrons. The molecular weight excluding hydrogens is 631 g/mol. The number of pyridine rings is 2. The lowest BCUT2D eigenvalue weighted by molar-refractivity contribution is -0.243. The molecule has 0 aliphatic heterocycles. The minimum absolute atomic E-state index is 0.0940. The molecule has 0 spiro atoms. The summed E-state index contributed by atoms with van der Waals surface area (Å²) in [5, 5.41) is 9.27. The Hall–Kier alpha value is -4.27. The molecule has 2 aromatic heterocycles. The average molecular weight is 671 g/mol. The van der Waals surface area contributed by atoms with Crippen molar-refractivity contribution in [1.29, 1.82) is 5.26 Å². The number of nitrogens with zero attached hydrogens (tertiary/aromatic N) is 4. The predicted octanol–water partition coefficient (Wildman–Crippen LogP) is 9.51. The van der Waals surface area contributed by atoms with Crippen LogP contribution in [0.1, 0.15) is 84.4 Å². The van der Waals surface area contributed by atoms with Gasteiger partial charge < -0.3 is 9.47 Å². The molecule has 2 heterocycles. The first-order valence-electron chi connectivity index (χ1n) is 15.9. The molecule has 12 heteroatoms. The first-order chi connectivity index (χ1) is 22.3. The van der Waals surface area contributed by atoms with Crippen molar-refractivity contribution in [2.24, 2.45) is 5.41 Å². The Morgan fingerprint density at radius 3 is 2.02 bits per heavy atom. The van der Waals surface area contributed by atoms with E-state index in [1.54, 1.807) is 56.3 Å². The van der Waals surface area contributed by atoms with Crippen LogP contribution in [0, 0.1) is 16.7 Å². The number of anilines is 1. The molecule has 256 valence electrons. The lowest BCUT2D eigenvalue weighted by atomic mass is 9.52. The van der Waals surface area contributed by atoms with E-state index in [9.17, 15) is 32.0 Å². The quantitative estimate of drug-likeness (QED) is 0.211.